The SMILES string of the molecule is [CH2]CCC(P)c1ccc(CCCC)cc1. The molecule has 0 bridgehead atoms. The van der Waals surface area contributed by atoms with E-state index in [0.717, 1.165) is 12.8 Å². The molecule has 2 atom stereocenters. The van der Waals surface area contributed by atoms with Gasteiger partial charge >= 0.3 is 0 Å². The fraction of sp³-hybridized carbons (Fsp3) is 0.500. The van der Waals surface area contributed by atoms with Crippen molar-refractivity contribution in [3.05, 3.63) is 42.3 Å². The summed E-state index contributed by atoms with van der Waals surface area (Å²) in [5.41, 5.74) is 3.46. The monoisotopic (exact) mass is 221 g/mol. The lowest BCUT2D eigenvalue weighted by Crippen LogP contribution is -1.91. The van der Waals surface area contributed by atoms with Crippen molar-refractivity contribution in [2.75, 3.05) is 0 Å². The van der Waals surface area contributed by atoms with Crippen LogP contribution in [0.4, 0.5) is 0 Å². The fourth-order valence-corrected chi connectivity index (χ4v) is 2.16. The molecule has 0 amide bonds. The molecule has 0 nitrogen and oxygen atoms in total. The molecule has 1 radical (unpaired) electrons. The molecule has 0 aliphatic rings. The highest BCUT2D eigenvalue weighted by Gasteiger charge is 2.03. The number of hydrogen-bond acceptors (Lipinski definition) is 0. The van der Waals surface area contributed by atoms with E-state index >= 15 is 0 Å². The lowest BCUT2D eigenvalue weighted by atomic mass is 10.0. The number of hydrogen-bond donors (Lipinski definition) is 0. The van der Waals surface area contributed by atoms with Crippen molar-refractivity contribution in [2.24, 2.45) is 0 Å². The Morgan fingerprint density at radius 2 is 1.93 bits per heavy atom. The Labute approximate surface area is 96.7 Å². The van der Waals surface area contributed by atoms with Gasteiger partial charge in [0, 0.05) is 0 Å². The third kappa shape index (κ3) is 4.34. The third-order valence-electron chi connectivity index (χ3n) is 2.74. The largest absolute Gasteiger partial charge is 0.130 e. The number of unbranched alkanes of at least 4 members (excludes halogenated alkanes) is 1. The summed E-state index contributed by atoms with van der Waals surface area (Å²) >= 11 is 0. The molecule has 0 aromatic heterocycles. The standard InChI is InChI=1S/C14H22P/c1-3-5-7-12-8-10-13(11-9-12)14(15)6-4-2/h8-11,14H,2-7,15H2,1H3. The first kappa shape index (κ1) is 12.7. The van der Waals surface area contributed by atoms with Gasteiger partial charge in [0.15, 0.2) is 0 Å². The van der Waals surface area contributed by atoms with Gasteiger partial charge in [0.1, 0.15) is 0 Å². The van der Waals surface area contributed by atoms with Crippen molar-refractivity contribution in [1.29, 1.82) is 0 Å². The van der Waals surface area contributed by atoms with Crippen LogP contribution in [-0.4, -0.2) is 0 Å². The molecule has 0 aliphatic carbocycles. The highest BCUT2D eigenvalue weighted by atomic mass is 31.0. The third-order valence-corrected chi connectivity index (χ3v) is 3.46. The molecule has 1 heteroatoms. The first-order valence-corrected chi connectivity index (χ1v) is 6.58. The van der Waals surface area contributed by atoms with Crippen molar-refractivity contribution in [2.45, 2.75) is 44.7 Å². The Bertz CT molecular complexity index is 263. The van der Waals surface area contributed by atoms with Crippen LogP contribution in [0.2, 0.25) is 0 Å². The molecule has 0 saturated carbocycles. The van der Waals surface area contributed by atoms with E-state index in [-0.39, 0.29) is 0 Å². The summed E-state index contributed by atoms with van der Waals surface area (Å²) in [6, 6.07) is 9.06. The summed E-state index contributed by atoms with van der Waals surface area (Å²) < 4.78 is 0. The minimum atomic E-state index is 0.572. The van der Waals surface area contributed by atoms with Gasteiger partial charge in [-0.25, -0.2) is 0 Å². The highest BCUT2D eigenvalue weighted by molar-refractivity contribution is 7.17. The Morgan fingerprint density at radius 3 is 2.47 bits per heavy atom. The Morgan fingerprint density at radius 1 is 1.27 bits per heavy atom. The minimum Gasteiger partial charge on any atom is -0.130 e. The van der Waals surface area contributed by atoms with Crippen LogP contribution in [0.5, 0.6) is 0 Å². The van der Waals surface area contributed by atoms with Gasteiger partial charge in [0.25, 0.3) is 0 Å². The van der Waals surface area contributed by atoms with Crippen LogP contribution in [0.3, 0.4) is 0 Å². The molecule has 0 fully saturated rings. The Kier molecular flexibility index (Phi) is 5.95. The topological polar surface area (TPSA) is 0 Å². The van der Waals surface area contributed by atoms with E-state index in [4.69, 9.17) is 0 Å². The average molecular weight is 221 g/mol. The van der Waals surface area contributed by atoms with E-state index in [9.17, 15) is 0 Å². The number of benzene rings is 1. The molecular weight excluding hydrogens is 199 g/mol. The Hall–Kier alpha value is -0.350. The van der Waals surface area contributed by atoms with E-state index in [0.29, 0.717) is 5.66 Å². The second kappa shape index (κ2) is 7.01. The second-order valence-electron chi connectivity index (χ2n) is 4.09. The van der Waals surface area contributed by atoms with E-state index in [1.54, 1.807) is 0 Å². The van der Waals surface area contributed by atoms with Gasteiger partial charge in [-0.3, -0.25) is 0 Å². The maximum atomic E-state index is 3.90. The summed E-state index contributed by atoms with van der Waals surface area (Å²) in [6.07, 6.45) is 5.94. The van der Waals surface area contributed by atoms with Crippen molar-refractivity contribution in [3.8, 4) is 0 Å². The summed E-state index contributed by atoms with van der Waals surface area (Å²) in [4.78, 5) is 0. The van der Waals surface area contributed by atoms with Crippen LogP contribution in [0.15, 0.2) is 24.3 Å². The molecule has 1 rings (SSSR count). The van der Waals surface area contributed by atoms with Crippen LogP contribution in [-0.2, 0) is 6.42 Å². The van der Waals surface area contributed by atoms with Crippen LogP contribution in [0.1, 0.15) is 49.4 Å². The predicted octanol–water partition coefficient (Wildman–Crippen LogP) is 4.56. The fourth-order valence-electron chi connectivity index (χ4n) is 1.70. The molecule has 0 N–H and O–H groups in total. The van der Waals surface area contributed by atoms with Gasteiger partial charge in [-0.05, 0) is 36.0 Å². The van der Waals surface area contributed by atoms with Crippen molar-refractivity contribution >= 4 is 9.24 Å². The molecule has 0 heterocycles. The van der Waals surface area contributed by atoms with Crippen molar-refractivity contribution in [1.82, 2.24) is 0 Å². The average Bonchev–Trinajstić information content (AvgIpc) is 2.27. The van der Waals surface area contributed by atoms with Crippen molar-refractivity contribution < 1.29 is 0 Å². The Balaban J connectivity index is 2.55. The number of rotatable bonds is 6. The first-order valence-electron chi connectivity index (χ1n) is 5.91. The van der Waals surface area contributed by atoms with Crippen LogP contribution in [0, 0.1) is 6.92 Å². The quantitative estimate of drug-likeness (QED) is 0.618. The molecule has 1 aromatic carbocycles. The summed E-state index contributed by atoms with van der Waals surface area (Å²) in [5.74, 6) is 0. The van der Waals surface area contributed by atoms with Gasteiger partial charge < -0.3 is 0 Å². The maximum Gasteiger partial charge on any atom is -0.00146 e. The molecular formula is C14H22P. The van der Waals surface area contributed by atoms with E-state index in [2.05, 4.69) is 47.4 Å². The van der Waals surface area contributed by atoms with Gasteiger partial charge in [0.2, 0.25) is 0 Å². The van der Waals surface area contributed by atoms with Crippen LogP contribution in [0.25, 0.3) is 0 Å². The predicted molar refractivity (Wildman–Crippen MR) is 72.1 cm³/mol. The zero-order valence-electron chi connectivity index (χ0n) is 9.71. The first-order chi connectivity index (χ1) is 7.27. The van der Waals surface area contributed by atoms with E-state index < -0.39 is 0 Å². The van der Waals surface area contributed by atoms with Gasteiger partial charge in [-0.15, -0.1) is 9.24 Å². The molecule has 83 valence electrons. The highest BCUT2D eigenvalue weighted by Crippen LogP contribution is 2.27. The lowest BCUT2D eigenvalue weighted by Gasteiger charge is -2.10. The minimum absolute atomic E-state index is 0.572. The number of aryl methyl sites for hydroxylation is 1. The maximum absolute atomic E-state index is 3.90. The van der Waals surface area contributed by atoms with Crippen molar-refractivity contribution in [3.63, 3.8) is 0 Å². The van der Waals surface area contributed by atoms with Crippen LogP contribution < -0.4 is 0 Å². The molecule has 0 saturated heterocycles. The van der Waals surface area contributed by atoms with E-state index in [1.165, 1.54) is 30.4 Å². The van der Waals surface area contributed by atoms with Crippen LogP contribution >= 0.6 is 9.24 Å². The zero-order chi connectivity index (χ0) is 11.1. The van der Waals surface area contributed by atoms with Gasteiger partial charge in [0.05, 0.1) is 0 Å². The van der Waals surface area contributed by atoms with E-state index in [1.807, 2.05) is 0 Å². The summed E-state index contributed by atoms with van der Waals surface area (Å²) in [5, 5.41) is 0. The summed E-state index contributed by atoms with van der Waals surface area (Å²) in [6.45, 7) is 6.13. The molecule has 2 unspecified atom stereocenters. The second-order valence-corrected chi connectivity index (χ2v) is 4.90. The molecule has 15 heavy (non-hydrogen) atoms. The zero-order valence-corrected chi connectivity index (χ0v) is 10.9. The molecule has 1 aromatic rings. The molecule has 0 aliphatic heterocycles. The van der Waals surface area contributed by atoms with Gasteiger partial charge in [-0.1, -0.05) is 51.0 Å². The molecule has 0 spiro atoms. The smallest absolute Gasteiger partial charge is 0.00146 e. The summed E-state index contributed by atoms with van der Waals surface area (Å²) in [7, 11) is 2.91. The normalized spacial score (nSPS) is 12.7. The van der Waals surface area contributed by atoms with Gasteiger partial charge in [-0.2, -0.15) is 0 Å². The lowest BCUT2D eigenvalue weighted by molar-refractivity contribution is 0.791.